The van der Waals surface area contributed by atoms with Gasteiger partial charge < -0.3 is 10.4 Å². The van der Waals surface area contributed by atoms with Gasteiger partial charge in [0, 0.05) is 12.6 Å². The van der Waals surface area contributed by atoms with Crippen LogP contribution in [0.2, 0.25) is 0 Å². The van der Waals surface area contributed by atoms with Crippen molar-refractivity contribution in [2.45, 2.75) is 58.6 Å². The summed E-state index contributed by atoms with van der Waals surface area (Å²) in [6.45, 7) is 9.10. The fourth-order valence-corrected chi connectivity index (χ4v) is 2.13. The lowest BCUT2D eigenvalue weighted by Crippen LogP contribution is -2.43. The maximum absolute atomic E-state index is 9.60. The van der Waals surface area contributed by atoms with Gasteiger partial charge in [0.25, 0.3) is 0 Å². The third kappa shape index (κ3) is 3.97. The van der Waals surface area contributed by atoms with E-state index in [9.17, 15) is 5.11 Å². The summed E-state index contributed by atoms with van der Waals surface area (Å²) in [5.74, 6) is 1.69. The largest absolute Gasteiger partial charge is 0.389 e. The van der Waals surface area contributed by atoms with Crippen molar-refractivity contribution in [3.8, 4) is 0 Å². The van der Waals surface area contributed by atoms with E-state index in [1.807, 2.05) is 13.8 Å². The zero-order chi connectivity index (χ0) is 10.8. The van der Waals surface area contributed by atoms with Gasteiger partial charge in [-0.2, -0.15) is 0 Å². The van der Waals surface area contributed by atoms with Crippen LogP contribution in [0.3, 0.4) is 0 Å². The zero-order valence-corrected chi connectivity index (χ0v) is 10.0. The minimum atomic E-state index is -0.577. The van der Waals surface area contributed by atoms with Crippen LogP contribution in [-0.4, -0.2) is 23.3 Å². The summed E-state index contributed by atoms with van der Waals surface area (Å²) in [6.07, 6.45) is 3.85. The Hall–Kier alpha value is -0.0800. The zero-order valence-electron chi connectivity index (χ0n) is 10.0. The van der Waals surface area contributed by atoms with E-state index in [0.717, 1.165) is 11.8 Å². The lowest BCUT2D eigenvalue weighted by molar-refractivity contribution is 0.0715. The molecule has 2 heteroatoms. The second-order valence-electron chi connectivity index (χ2n) is 5.66. The Labute approximate surface area is 88.1 Å². The standard InChI is InChI=1S/C12H25NO/c1-9-5-6-11(7-10(9)2)13-8-12(3,4)14/h9-11,13-14H,5-8H2,1-4H3/t9-,10-,11+/m0/s1. The molecule has 0 radical (unpaired) electrons. The van der Waals surface area contributed by atoms with E-state index in [2.05, 4.69) is 19.2 Å². The molecular formula is C12H25NO. The number of rotatable bonds is 3. The lowest BCUT2D eigenvalue weighted by atomic mass is 9.79. The Morgan fingerprint density at radius 1 is 1.21 bits per heavy atom. The molecule has 0 aliphatic heterocycles. The first-order valence-electron chi connectivity index (χ1n) is 5.84. The van der Waals surface area contributed by atoms with Gasteiger partial charge in [-0.25, -0.2) is 0 Å². The normalized spacial score (nSPS) is 34.5. The molecule has 0 unspecified atom stereocenters. The van der Waals surface area contributed by atoms with Crippen molar-refractivity contribution in [1.82, 2.24) is 5.32 Å². The molecule has 1 saturated carbocycles. The fourth-order valence-electron chi connectivity index (χ4n) is 2.13. The molecule has 0 saturated heterocycles. The fraction of sp³-hybridized carbons (Fsp3) is 1.00. The number of nitrogens with one attached hydrogen (secondary N) is 1. The van der Waals surface area contributed by atoms with Crippen LogP contribution >= 0.6 is 0 Å². The second kappa shape index (κ2) is 4.63. The Kier molecular flexibility index (Phi) is 3.96. The van der Waals surface area contributed by atoms with Gasteiger partial charge in [-0.05, 0) is 44.9 Å². The highest BCUT2D eigenvalue weighted by atomic mass is 16.3. The third-order valence-corrected chi connectivity index (χ3v) is 3.42. The van der Waals surface area contributed by atoms with Gasteiger partial charge in [0.05, 0.1) is 5.60 Å². The first kappa shape index (κ1) is 12.0. The molecule has 2 nitrogen and oxygen atoms in total. The maximum atomic E-state index is 9.60. The van der Waals surface area contributed by atoms with Crippen LogP contribution in [0, 0.1) is 11.8 Å². The molecule has 0 spiro atoms. The summed E-state index contributed by atoms with van der Waals surface area (Å²) in [6, 6.07) is 0.618. The van der Waals surface area contributed by atoms with Crippen LogP contribution in [0.4, 0.5) is 0 Å². The van der Waals surface area contributed by atoms with Crippen molar-refractivity contribution >= 4 is 0 Å². The molecule has 0 aromatic carbocycles. The number of hydrogen-bond donors (Lipinski definition) is 2. The predicted molar refractivity (Wildman–Crippen MR) is 60.3 cm³/mol. The Balaban J connectivity index is 2.27. The minimum absolute atomic E-state index is 0.577. The highest BCUT2D eigenvalue weighted by molar-refractivity contribution is 4.81. The molecule has 0 aromatic heterocycles. The second-order valence-corrected chi connectivity index (χ2v) is 5.66. The van der Waals surface area contributed by atoms with Crippen molar-refractivity contribution in [3.05, 3.63) is 0 Å². The first-order chi connectivity index (χ1) is 6.38. The molecule has 1 fully saturated rings. The summed E-state index contributed by atoms with van der Waals surface area (Å²) >= 11 is 0. The lowest BCUT2D eigenvalue weighted by Gasteiger charge is -2.34. The monoisotopic (exact) mass is 199 g/mol. The molecule has 84 valence electrons. The van der Waals surface area contributed by atoms with Gasteiger partial charge in [-0.1, -0.05) is 13.8 Å². The van der Waals surface area contributed by atoms with E-state index in [4.69, 9.17) is 0 Å². The molecular weight excluding hydrogens is 174 g/mol. The van der Waals surface area contributed by atoms with Gasteiger partial charge in [0.1, 0.15) is 0 Å². The van der Waals surface area contributed by atoms with Gasteiger partial charge in [0.15, 0.2) is 0 Å². The summed E-state index contributed by atoms with van der Waals surface area (Å²) in [5, 5.41) is 13.1. The molecule has 14 heavy (non-hydrogen) atoms. The van der Waals surface area contributed by atoms with Crippen molar-refractivity contribution < 1.29 is 5.11 Å². The van der Waals surface area contributed by atoms with E-state index in [0.29, 0.717) is 12.6 Å². The van der Waals surface area contributed by atoms with Gasteiger partial charge in [-0.15, -0.1) is 0 Å². The van der Waals surface area contributed by atoms with Crippen LogP contribution in [-0.2, 0) is 0 Å². The number of aliphatic hydroxyl groups is 1. The summed E-state index contributed by atoms with van der Waals surface area (Å²) in [4.78, 5) is 0. The number of hydrogen-bond acceptors (Lipinski definition) is 2. The van der Waals surface area contributed by atoms with Crippen molar-refractivity contribution in [1.29, 1.82) is 0 Å². The van der Waals surface area contributed by atoms with E-state index < -0.39 is 5.60 Å². The van der Waals surface area contributed by atoms with Gasteiger partial charge >= 0.3 is 0 Å². The van der Waals surface area contributed by atoms with Gasteiger partial charge in [0.2, 0.25) is 0 Å². The Morgan fingerprint density at radius 2 is 1.86 bits per heavy atom. The van der Waals surface area contributed by atoms with Crippen LogP contribution in [0.25, 0.3) is 0 Å². The van der Waals surface area contributed by atoms with Crippen LogP contribution in [0.5, 0.6) is 0 Å². The molecule has 0 aromatic rings. The average Bonchev–Trinajstić information content (AvgIpc) is 2.06. The third-order valence-electron chi connectivity index (χ3n) is 3.42. The molecule has 0 amide bonds. The Morgan fingerprint density at radius 3 is 2.36 bits per heavy atom. The van der Waals surface area contributed by atoms with Crippen molar-refractivity contribution in [3.63, 3.8) is 0 Å². The molecule has 2 N–H and O–H groups in total. The van der Waals surface area contributed by atoms with Crippen LogP contribution in [0.15, 0.2) is 0 Å². The first-order valence-corrected chi connectivity index (χ1v) is 5.84. The maximum Gasteiger partial charge on any atom is 0.0715 e. The molecule has 1 rings (SSSR count). The summed E-state index contributed by atoms with van der Waals surface area (Å²) in [5.41, 5.74) is -0.577. The van der Waals surface area contributed by atoms with Crippen LogP contribution in [0.1, 0.15) is 47.0 Å². The molecule has 0 heterocycles. The van der Waals surface area contributed by atoms with Crippen LogP contribution < -0.4 is 5.32 Å². The van der Waals surface area contributed by atoms with Gasteiger partial charge in [-0.3, -0.25) is 0 Å². The predicted octanol–water partition coefficient (Wildman–Crippen LogP) is 2.17. The van der Waals surface area contributed by atoms with E-state index in [1.54, 1.807) is 0 Å². The Bertz CT molecular complexity index is 174. The average molecular weight is 199 g/mol. The topological polar surface area (TPSA) is 32.3 Å². The molecule has 3 atom stereocenters. The smallest absolute Gasteiger partial charge is 0.0715 e. The van der Waals surface area contributed by atoms with E-state index in [1.165, 1.54) is 19.3 Å². The van der Waals surface area contributed by atoms with E-state index in [-0.39, 0.29) is 0 Å². The van der Waals surface area contributed by atoms with Crippen molar-refractivity contribution in [2.75, 3.05) is 6.54 Å². The summed E-state index contributed by atoms with van der Waals surface area (Å²) in [7, 11) is 0. The van der Waals surface area contributed by atoms with Crippen molar-refractivity contribution in [2.24, 2.45) is 11.8 Å². The minimum Gasteiger partial charge on any atom is -0.389 e. The molecule has 0 bridgehead atoms. The quantitative estimate of drug-likeness (QED) is 0.730. The van der Waals surface area contributed by atoms with E-state index >= 15 is 0 Å². The highest BCUT2D eigenvalue weighted by Crippen LogP contribution is 2.29. The molecule has 1 aliphatic carbocycles. The molecule has 1 aliphatic rings. The SMILES string of the molecule is C[C@H]1CC[C@@H](NCC(C)(C)O)C[C@@H]1C. The highest BCUT2D eigenvalue weighted by Gasteiger charge is 2.25. The summed E-state index contributed by atoms with van der Waals surface area (Å²) < 4.78 is 0.